The van der Waals surface area contributed by atoms with Gasteiger partial charge in [-0.3, -0.25) is 9.59 Å². The first-order valence-corrected chi connectivity index (χ1v) is 9.97. The Morgan fingerprint density at radius 3 is 2.68 bits per heavy atom. The number of nitrogens with zero attached hydrogens (tertiary/aromatic N) is 3. The summed E-state index contributed by atoms with van der Waals surface area (Å²) in [7, 11) is -3.57. The third-order valence-electron chi connectivity index (χ3n) is 5.28. The number of allylic oxidation sites excluding steroid dienone is 2. The van der Waals surface area contributed by atoms with Crippen LogP contribution >= 0.6 is 0 Å². The van der Waals surface area contributed by atoms with Crippen LogP contribution in [-0.4, -0.2) is 66.4 Å². The molecule has 3 heterocycles. The molecule has 9 heteroatoms. The molecule has 0 radical (unpaired) electrons. The molecule has 1 saturated heterocycles. The summed E-state index contributed by atoms with van der Waals surface area (Å²) in [5.41, 5.74) is 0.214. The van der Waals surface area contributed by atoms with Gasteiger partial charge in [-0.15, -0.1) is 4.40 Å². The SMILES string of the molecule is O=C(O)[C@H]1CN(C(=O)C2=CC=CN3CCS(=O)(=O)N=C23)C[C@@H]1C1CC1. The van der Waals surface area contributed by atoms with Gasteiger partial charge in [0.1, 0.15) is 0 Å². The van der Waals surface area contributed by atoms with E-state index in [0.717, 1.165) is 12.8 Å². The van der Waals surface area contributed by atoms with Gasteiger partial charge in [0.2, 0.25) is 0 Å². The van der Waals surface area contributed by atoms with E-state index in [1.54, 1.807) is 23.3 Å². The fraction of sp³-hybridized carbons (Fsp3) is 0.562. The van der Waals surface area contributed by atoms with Gasteiger partial charge < -0.3 is 14.9 Å². The zero-order chi connectivity index (χ0) is 17.8. The molecule has 0 bridgehead atoms. The molecule has 1 amide bonds. The van der Waals surface area contributed by atoms with E-state index in [-0.39, 0.29) is 42.1 Å². The number of amidine groups is 1. The van der Waals surface area contributed by atoms with E-state index < -0.39 is 21.9 Å². The molecule has 3 aliphatic heterocycles. The van der Waals surface area contributed by atoms with Crippen molar-refractivity contribution < 1.29 is 23.1 Å². The number of hydrogen-bond acceptors (Lipinski definition) is 5. The van der Waals surface area contributed by atoms with Crippen LogP contribution in [0.4, 0.5) is 0 Å². The summed E-state index contributed by atoms with van der Waals surface area (Å²) in [4.78, 5) is 27.7. The maximum absolute atomic E-state index is 13.0. The largest absolute Gasteiger partial charge is 0.481 e. The van der Waals surface area contributed by atoms with E-state index >= 15 is 0 Å². The predicted octanol–water partition coefficient (Wildman–Crippen LogP) is 0.0532. The number of carbonyl (C=O) groups is 2. The van der Waals surface area contributed by atoms with Crippen molar-refractivity contribution in [2.45, 2.75) is 12.8 Å². The molecule has 0 aromatic rings. The Balaban J connectivity index is 1.60. The van der Waals surface area contributed by atoms with Crippen molar-refractivity contribution >= 4 is 27.7 Å². The molecular weight excluding hydrogens is 346 g/mol. The highest BCUT2D eigenvalue weighted by Gasteiger charge is 2.47. The monoisotopic (exact) mass is 365 g/mol. The number of aliphatic carboxylic acids is 1. The Morgan fingerprint density at radius 2 is 2.00 bits per heavy atom. The first kappa shape index (κ1) is 16.3. The zero-order valence-corrected chi connectivity index (χ0v) is 14.4. The Bertz CT molecular complexity index is 825. The summed E-state index contributed by atoms with van der Waals surface area (Å²) < 4.78 is 27.4. The Labute approximate surface area is 145 Å². The average molecular weight is 365 g/mol. The third-order valence-corrected chi connectivity index (χ3v) is 6.43. The molecular formula is C16H19N3O5S. The van der Waals surface area contributed by atoms with Crippen LogP contribution < -0.4 is 0 Å². The third kappa shape index (κ3) is 2.97. The van der Waals surface area contributed by atoms with Crippen LogP contribution in [0.15, 0.2) is 28.3 Å². The van der Waals surface area contributed by atoms with Gasteiger partial charge in [-0.05, 0) is 36.8 Å². The minimum absolute atomic E-state index is 0.0192. The molecule has 0 spiro atoms. The molecule has 4 aliphatic rings. The molecule has 0 unspecified atom stereocenters. The summed E-state index contributed by atoms with van der Waals surface area (Å²) in [5.74, 6) is -1.36. The van der Waals surface area contributed by atoms with Crippen molar-refractivity contribution in [1.29, 1.82) is 0 Å². The first-order valence-electron chi connectivity index (χ1n) is 8.36. The summed E-state index contributed by atoms with van der Waals surface area (Å²) in [5, 5.41) is 9.45. The normalized spacial score (nSPS) is 30.6. The number of likely N-dealkylation sites (tertiary alicyclic amines) is 1. The molecule has 4 rings (SSSR count). The summed E-state index contributed by atoms with van der Waals surface area (Å²) >= 11 is 0. The number of fused-ring (bicyclic) bond motifs is 1. The lowest BCUT2D eigenvalue weighted by Gasteiger charge is -2.30. The van der Waals surface area contributed by atoms with E-state index in [0.29, 0.717) is 12.5 Å². The number of carbonyl (C=O) groups excluding carboxylic acids is 1. The second kappa shape index (κ2) is 5.69. The van der Waals surface area contributed by atoms with E-state index in [1.165, 1.54) is 4.90 Å². The number of amides is 1. The minimum atomic E-state index is -3.57. The maximum atomic E-state index is 13.0. The topological polar surface area (TPSA) is 107 Å². The lowest BCUT2D eigenvalue weighted by molar-refractivity contribution is -0.142. The second-order valence-electron chi connectivity index (χ2n) is 6.97. The molecule has 0 aromatic carbocycles. The smallest absolute Gasteiger partial charge is 0.308 e. The van der Waals surface area contributed by atoms with Crippen LogP contribution in [0.3, 0.4) is 0 Å². The van der Waals surface area contributed by atoms with Crippen molar-refractivity contribution in [3.8, 4) is 0 Å². The van der Waals surface area contributed by atoms with E-state index in [2.05, 4.69) is 4.40 Å². The molecule has 134 valence electrons. The van der Waals surface area contributed by atoms with Crippen molar-refractivity contribution in [3.63, 3.8) is 0 Å². The standard InChI is InChI=1S/C16H19N3O5S/c20-15(19-8-12(10-3-4-10)13(9-19)16(21)22)11-2-1-5-18-6-7-25(23,24)17-14(11)18/h1-2,5,10,12-13H,3-4,6-9H2,(H,21,22)/t12-,13+/m1/s1. The highest BCUT2D eigenvalue weighted by Crippen LogP contribution is 2.44. The first-order chi connectivity index (χ1) is 11.9. The summed E-state index contributed by atoms with van der Waals surface area (Å²) in [6, 6.07) is 0. The van der Waals surface area contributed by atoms with Crippen LogP contribution in [-0.2, 0) is 19.6 Å². The van der Waals surface area contributed by atoms with Gasteiger partial charge in [0.15, 0.2) is 5.84 Å². The minimum Gasteiger partial charge on any atom is -0.481 e. The lowest BCUT2D eigenvalue weighted by atomic mass is 9.92. The fourth-order valence-corrected chi connectivity index (χ4v) is 4.80. The quantitative estimate of drug-likeness (QED) is 0.757. The fourth-order valence-electron chi connectivity index (χ4n) is 3.81. The summed E-state index contributed by atoms with van der Waals surface area (Å²) in [6.45, 7) is 0.822. The molecule has 1 N–H and O–H groups in total. The predicted molar refractivity (Wildman–Crippen MR) is 89.1 cm³/mol. The molecule has 0 aromatic heterocycles. The Morgan fingerprint density at radius 1 is 1.24 bits per heavy atom. The van der Waals surface area contributed by atoms with Crippen LogP contribution in [0, 0.1) is 17.8 Å². The van der Waals surface area contributed by atoms with Crippen LogP contribution in [0.5, 0.6) is 0 Å². The molecule has 1 saturated carbocycles. The van der Waals surface area contributed by atoms with Gasteiger partial charge in [-0.1, -0.05) is 0 Å². The number of carboxylic acid groups (broad SMARTS) is 1. The van der Waals surface area contributed by atoms with Gasteiger partial charge in [0.25, 0.3) is 15.9 Å². The van der Waals surface area contributed by atoms with Crippen molar-refractivity contribution in [3.05, 3.63) is 23.9 Å². The number of sulfonamides is 1. The molecule has 8 nitrogen and oxygen atoms in total. The average Bonchev–Trinajstić information content (AvgIpc) is 3.31. The van der Waals surface area contributed by atoms with Crippen molar-refractivity contribution in [2.24, 2.45) is 22.2 Å². The number of hydrogen-bond donors (Lipinski definition) is 1. The highest BCUT2D eigenvalue weighted by molar-refractivity contribution is 7.90. The van der Waals surface area contributed by atoms with Crippen molar-refractivity contribution in [1.82, 2.24) is 9.80 Å². The summed E-state index contributed by atoms with van der Waals surface area (Å²) in [6.07, 6.45) is 6.97. The second-order valence-corrected chi connectivity index (χ2v) is 8.73. The number of carboxylic acids is 1. The van der Waals surface area contributed by atoms with Crippen LogP contribution in [0.1, 0.15) is 12.8 Å². The van der Waals surface area contributed by atoms with E-state index in [1.807, 2.05) is 0 Å². The van der Waals surface area contributed by atoms with Gasteiger partial charge in [-0.25, -0.2) is 8.42 Å². The van der Waals surface area contributed by atoms with Crippen molar-refractivity contribution in [2.75, 3.05) is 25.4 Å². The van der Waals surface area contributed by atoms with E-state index in [9.17, 15) is 23.1 Å². The van der Waals surface area contributed by atoms with Gasteiger partial charge in [-0.2, -0.15) is 0 Å². The molecule has 2 fully saturated rings. The lowest BCUT2D eigenvalue weighted by Crippen LogP contribution is -2.43. The van der Waals surface area contributed by atoms with Gasteiger partial charge in [0.05, 0.1) is 17.2 Å². The van der Waals surface area contributed by atoms with Gasteiger partial charge >= 0.3 is 5.97 Å². The van der Waals surface area contributed by atoms with Crippen LogP contribution in [0.25, 0.3) is 0 Å². The van der Waals surface area contributed by atoms with E-state index in [4.69, 9.17) is 0 Å². The highest BCUT2D eigenvalue weighted by atomic mass is 32.2. The van der Waals surface area contributed by atoms with Crippen LogP contribution in [0.2, 0.25) is 0 Å². The molecule has 2 atom stereocenters. The maximum Gasteiger partial charge on any atom is 0.308 e. The van der Waals surface area contributed by atoms with Gasteiger partial charge in [0, 0.05) is 25.8 Å². The molecule has 25 heavy (non-hydrogen) atoms. The Hall–Kier alpha value is -2.16. The molecule has 1 aliphatic carbocycles. The Kier molecular flexibility index (Phi) is 3.71. The zero-order valence-electron chi connectivity index (χ0n) is 13.5. The number of rotatable bonds is 3.